The van der Waals surface area contributed by atoms with Crippen molar-refractivity contribution in [3.63, 3.8) is 0 Å². The van der Waals surface area contributed by atoms with Gasteiger partial charge >= 0.3 is 5.51 Å². The lowest BCUT2D eigenvalue weighted by Gasteiger charge is -2.28. The van der Waals surface area contributed by atoms with Gasteiger partial charge in [0.2, 0.25) is 5.91 Å². The first-order chi connectivity index (χ1) is 19.8. The molecule has 220 valence electrons. The number of carbonyl (C=O) groups is 2. The fraction of sp³-hybridized carbons (Fsp3) is 0.241. The zero-order valence-corrected chi connectivity index (χ0v) is 22.6. The fourth-order valence-corrected chi connectivity index (χ4v) is 6.34. The van der Waals surface area contributed by atoms with Crippen LogP contribution in [0.5, 0.6) is 5.75 Å². The Morgan fingerprint density at radius 2 is 1.62 bits per heavy atom. The summed E-state index contributed by atoms with van der Waals surface area (Å²) in [4.78, 5) is 25.2. The van der Waals surface area contributed by atoms with Gasteiger partial charge in [-0.05, 0) is 48.1 Å². The normalized spacial score (nSPS) is 21.3. The predicted octanol–water partition coefficient (Wildman–Crippen LogP) is 5.49. The van der Waals surface area contributed by atoms with Gasteiger partial charge in [-0.3, -0.25) is 9.59 Å². The molecule has 1 saturated carbocycles. The zero-order chi connectivity index (χ0) is 30.4. The first-order valence-electron chi connectivity index (χ1n) is 12.7. The van der Waals surface area contributed by atoms with Crippen LogP contribution in [-0.2, 0) is 14.6 Å². The van der Waals surface area contributed by atoms with E-state index < -0.39 is 55.6 Å². The molecule has 3 aromatic carbocycles. The van der Waals surface area contributed by atoms with E-state index in [0.717, 1.165) is 12.1 Å². The number of hydrogen-bond donors (Lipinski definition) is 2. The number of carbonyl (C=O) groups excluding carboxylic acids is 2. The molecule has 4 atom stereocenters. The molecular weight excluding hydrogens is 583 g/mol. The van der Waals surface area contributed by atoms with Gasteiger partial charge in [-0.25, -0.2) is 17.2 Å². The smallest absolute Gasteiger partial charge is 0.496 e. The highest BCUT2D eigenvalue weighted by molar-refractivity contribution is 7.92. The van der Waals surface area contributed by atoms with E-state index in [1.807, 2.05) is 6.08 Å². The standard InChI is InChI=1S/C29H23F5N2O5S/c1-41-23-14-22(31)19(15-5-3-2-4-6-15)13-20(23)27(37)36-26-17-8-7-16(11-17)25(26)28(38)35-18-9-10-21(30)24(12-18)42(39,40)29(32,33)34/h2-10,12-14,16-17,25-26H,11H2,1H3,(H,35,38)(H,36,37)/t16-,17+,25+,26-/m1/s1. The van der Waals surface area contributed by atoms with Crippen molar-refractivity contribution < 1.29 is 44.7 Å². The highest BCUT2D eigenvalue weighted by Gasteiger charge is 2.50. The number of sulfone groups is 1. The van der Waals surface area contributed by atoms with Crippen molar-refractivity contribution in [1.82, 2.24) is 5.32 Å². The van der Waals surface area contributed by atoms with Crippen molar-refractivity contribution in [1.29, 1.82) is 0 Å². The summed E-state index contributed by atoms with van der Waals surface area (Å²) < 4.78 is 96.9. The Morgan fingerprint density at radius 3 is 2.29 bits per heavy atom. The molecule has 3 aromatic rings. The number of allylic oxidation sites excluding steroid dienone is 1. The Bertz CT molecular complexity index is 1690. The molecule has 2 aliphatic rings. The van der Waals surface area contributed by atoms with E-state index in [0.29, 0.717) is 24.1 Å². The number of halogens is 5. The third kappa shape index (κ3) is 5.24. The quantitative estimate of drug-likeness (QED) is 0.274. The van der Waals surface area contributed by atoms with Crippen LogP contribution >= 0.6 is 0 Å². The number of nitrogens with one attached hydrogen (secondary N) is 2. The molecule has 0 aromatic heterocycles. The lowest BCUT2D eigenvalue weighted by Crippen LogP contribution is -2.47. The van der Waals surface area contributed by atoms with Gasteiger partial charge in [-0.2, -0.15) is 13.2 Å². The molecule has 0 unspecified atom stereocenters. The third-order valence-electron chi connectivity index (χ3n) is 7.47. The van der Waals surface area contributed by atoms with Gasteiger partial charge in [0.15, 0.2) is 0 Å². The van der Waals surface area contributed by atoms with E-state index in [2.05, 4.69) is 10.6 Å². The Kier molecular flexibility index (Phi) is 7.56. The largest absolute Gasteiger partial charge is 0.502 e. The zero-order valence-electron chi connectivity index (χ0n) is 21.8. The monoisotopic (exact) mass is 606 g/mol. The average molecular weight is 607 g/mol. The van der Waals surface area contributed by atoms with Gasteiger partial charge in [-0.15, -0.1) is 0 Å². The molecule has 2 bridgehead atoms. The van der Waals surface area contributed by atoms with E-state index in [1.165, 1.54) is 13.2 Å². The summed E-state index contributed by atoms with van der Waals surface area (Å²) in [6.45, 7) is 0. The molecule has 7 nitrogen and oxygen atoms in total. The SMILES string of the molecule is COc1cc(F)c(-c2ccccc2)cc1C(=O)N[C@H]1[C@@H](C(=O)Nc2ccc(F)c(S(=O)(=O)C(F)(F)F)c2)[C@@H]2C=C[C@H]1C2. The number of ether oxygens (including phenoxy) is 1. The van der Waals surface area contributed by atoms with Crippen LogP contribution in [0.2, 0.25) is 0 Å². The number of amides is 2. The number of rotatable bonds is 7. The predicted molar refractivity (Wildman–Crippen MR) is 142 cm³/mol. The van der Waals surface area contributed by atoms with Crippen LogP contribution in [0.3, 0.4) is 0 Å². The van der Waals surface area contributed by atoms with E-state index in [1.54, 1.807) is 36.4 Å². The highest BCUT2D eigenvalue weighted by atomic mass is 32.2. The summed E-state index contributed by atoms with van der Waals surface area (Å²) in [5.74, 6) is -5.12. The summed E-state index contributed by atoms with van der Waals surface area (Å²) in [6.07, 6.45) is 4.12. The molecular formula is C29H23F5N2O5S. The summed E-state index contributed by atoms with van der Waals surface area (Å²) in [7, 11) is -4.74. The first-order valence-corrected chi connectivity index (χ1v) is 14.1. The number of fused-ring (bicyclic) bond motifs is 2. The van der Waals surface area contributed by atoms with Crippen molar-refractivity contribution in [3.05, 3.63) is 90.0 Å². The molecule has 0 radical (unpaired) electrons. The summed E-state index contributed by atoms with van der Waals surface area (Å²) in [5, 5.41) is 5.19. The number of methoxy groups -OCH3 is 1. The summed E-state index contributed by atoms with van der Waals surface area (Å²) >= 11 is 0. The van der Waals surface area contributed by atoms with Crippen molar-refractivity contribution in [2.24, 2.45) is 17.8 Å². The maximum atomic E-state index is 14.9. The highest BCUT2D eigenvalue weighted by Crippen LogP contribution is 2.45. The molecule has 1 fully saturated rings. The first kappa shape index (κ1) is 29.2. The molecule has 13 heteroatoms. The Balaban J connectivity index is 1.41. The van der Waals surface area contributed by atoms with Crippen LogP contribution in [-0.4, -0.2) is 38.9 Å². The molecule has 5 rings (SSSR count). The minimum absolute atomic E-state index is 0.0178. The fourth-order valence-electron chi connectivity index (χ4n) is 5.48. The number of alkyl halides is 3. The molecule has 0 spiro atoms. The average Bonchev–Trinajstić information content (AvgIpc) is 3.55. The van der Waals surface area contributed by atoms with Crippen molar-refractivity contribution in [2.45, 2.75) is 22.9 Å². The molecule has 0 heterocycles. The number of benzene rings is 3. The molecule has 0 aliphatic heterocycles. The van der Waals surface area contributed by atoms with Gasteiger partial charge in [-0.1, -0.05) is 42.5 Å². The molecule has 2 N–H and O–H groups in total. The Morgan fingerprint density at radius 1 is 0.929 bits per heavy atom. The van der Waals surface area contributed by atoms with Crippen LogP contribution in [0.25, 0.3) is 11.1 Å². The van der Waals surface area contributed by atoms with E-state index in [4.69, 9.17) is 4.74 Å². The van der Waals surface area contributed by atoms with E-state index in [-0.39, 0.29) is 34.4 Å². The van der Waals surface area contributed by atoms with Crippen LogP contribution in [0.15, 0.2) is 77.7 Å². The number of anilines is 1. The second-order valence-electron chi connectivity index (χ2n) is 9.96. The van der Waals surface area contributed by atoms with Gasteiger partial charge in [0.05, 0.1) is 18.6 Å². The minimum atomic E-state index is -6.02. The van der Waals surface area contributed by atoms with Crippen molar-refractivity contribution >= 4 is 27.3 Å². The van der Waals surface area contributed by atoms with Crippen LogP contribution < -0.4 is 15.4 Å². The van der Waals surface area contributed by atoms with Crippen LogP contribution in [0.1, 0.15) is 16.8 Å². The summed E-state index contributed by atoms with van der Waals surface area (Å²) in [6, 6.07) is 12.1. The molecule has 42 heavy (non-hydrogen) atoms. The topological polar surface area (TPSA) is 102 Å². The maximum Gasteiger partial charge on any atom is 0.502 e. The second kappa shape index (κ2) is 10.9. The minimum Gasteiger partial charge on any atom is -0.496 e. The summed E-state index contributed by atoms with van der Waals surface area (Å²) in [5.41, 5.74) is -5.41. The Hall–Kier alpha value is -4.26. The molecule has 2 aliphatic carbocycles. The van der Waals surface area contributed by atoms with Gasteiger partial charge in [0, 0.05) is 23.4 Å². The third-order valence-corrected chi connectivity index (χ3v) is 8.97. The van der Waals surface area contributed by atoms with E-state index >= 15 is 0 Å². The van der Waals surface area contributed by atoms with Crippen molar-refractivity contribution in [2.75, 3.05) is 12.4 Å². The van der Waals surface area contributed by atoms with E-state index in [9.17, 15) is 40.0 Å². The molecule has 2 amide bonds. The van der Waals surface area contributed by atoms with Gasteiger partial charge < -0.3 is 15.4 Å². The second-order valence-corrected chi connectivity index (χ2v) is 11.9. The van der Waals surface area contributed by atoms with Crippen LogP contribution in [0.4, 0.5) is 27.6 Å². The van der Waals surface area contributed by atoms with Gasteiger partial charge in [0.25, 0.3) is 15.7 Å². The molecule has 0 saturated heterocycles. The lowest BCUT2D eigenvalue weighted by atomic mass is 9.87. The van der Waals surface area contributed by atoms with Gasteiger partial charge in [0.1, 0.15) is 22.3 Å². The maximum absolute atomic E-state index is 14.9. The number of hydrogen-bond acceptors (Lipinski definition) is 5. The Labute approximate surface area is 237 Å². The van der Waals surface area contributed by atoms with Crippen molar-refractivity contribution in [3.8, 4) is 16.9 Å². The van der Waals surface area contributed by atoms with Crippen LogP contribution in [0, 0.1) is 29.4 Å². The lowest BCUT2D eigenvalue weighted by molar-refractivity contribution is -0.121.